The van der Waals surface area contributed by atoms with Crippen molar-refractivity contribution in [2.24, 2.45) is 0 Å². The van der Waals surface area contributed by atoms with Crippen LogP contribution >= 0.6 is 0 Å². The summed E-state index contributed by atoms with van der Waals surface area (Å²) in [4.78, 5) is 0. The van der Waals surface area contributed by atoms with E-state index >= 15 is 0 Å². The van der Waals surface area contributed by atoms with Gasteiger partial charge in [0.1, 0.15) is 91.6 Å². The Bertz CT molecular complexity index is 867. The first-order valence-electron chi connectivity index (χ1n) is 13.5. The van der Waals surface area contributed by atoms with E-state index < -0.39 is 143 Å². The summed E-state index contributed by atoms with van der Waals surface area (Å²) in [5.74, 6) is 0. The molecule has 20 nitrogen and oxygen atoms in total. The number of aliphatic hydroxyl groups excluding tert-OH is 13. The average molecular weight is 637 g/mol. The molecule has 4 heterocycles. The second-order valence-corrected chi connectivity index (χ2v) is 10.7. The van der Waals surface area contributed by atoms with Crippen molar-refractivity contribution >= 4 is 0 Å². The molecule has 0 saturated carbocycles. The zero-order valence-corrected chi connectivity index (χ0v) is 22.5. The molecule has 0 spiro atoms. The lowest BCUT2D eigenvalue weighted by Crippen LogP contribution is -2.68. The second kappa shape index (κ2) is 14.7. The maximum absolute atomic E-state index is 11.1. The van der Waals surface area contributed by atoms with E-state index in [1.54, 1.807) is 0 Å². The summed E-state index contributed by atoms with van der Waals surface area (Å²) < 4.78 is 38.6. The van der Waals surface area contributed by atoms with E-state index in [0.717, 1.165) is 0 Å². The van der Waals surface area contributed by atoms with Crippen LogP contribution in [-0.2, 0) is 33.2 Å². The predicted octanol–water partition coefficient (Wildman–Crippen LogP) is -9.11. The van der Waals surface area contributed by atoms with E-state index in [-0.39, 0.29) is 0 Å². The molecule has 0 amide bonds. The van der Waals surface area contributed by atoms with E-state index in [0.29, 0.717) is 0 Å². The van der Waals surface area contributed by atoms with Gasteiger partial charge in [-0.05, 0) is 0 Å². The number of ether oxygens (including phenoxy) is 7. The number of aliphatic hydroxyl groups is 13. The fraction of sp³-hybridized carbons (Fsp3) is 1.00. The molecule has 43 heavy (non-hydrogen) atoms. The van der Waals surface area contributed by atoms with Gasteiger partial charge >= 0.3 is 0 Å². The van der Waals surface area contributed by atoms with Crippen molar-refractivity contribution in [3.05, 3.63) is 0 Å². The van der Waals surface area contributed by atoms with Crippen LogP contribution in [0.5, 0.6) is 0 Å². The standard InChI is InChI=1S/C23H40O20/c24-1-6-10(29)12(31)16(35)22(39-6)43-19-18(42-21-15(34)9(28)5(27)4-37-21)11(30)7(2-25)40-23(19)41-17-8(3-26)38-20(36)14(33)13(17)32/h5-36H,1-4H2/t5-,6-,7-,8-,9+,10-,11+,12+,13-,14-,15-,16-,17-,18+,19-,20-,21+,22+,23-/m1/s1. The highest BCUT2D eigenvalue weighted by Crippen LogP contribution is 2.35. The van der Waals surface area contributed by atoms with E-state index in [1.807, 2.05) is 0 Å². The SMILES string of the molecule is OC[C@H]1O[C@H](O[C@H]2[C@H](O)[C@@H](O)[C@H](O)O[C@@H]2CO)[C@H](O[C@@H]2O[C@H](CO)[C@@H](O)[C@H](O)[C@H]2O)[C@@H](O[C@@H]2OC[C@@H](O)[C@H](O)[C@H]2O)[C@H]1O. The van der Waals surface area contributed by atoms with Crippen LogP contribution in [0.1, 0.15) is 0 Å². The van der Waals surface area contributed by atoms with Gasteiger partial charge in [-0.2, -0.15) is 0 Å². The first kappa shape index (κ1) is 35.1. The number of hydrogen-bond acceptors (Lipinski definition) is 20. The Kier molecular flexibility index (Phi) is 12.0. The van der Waals surface area contributed by atoms with Crippen molar-refractivity contribution in [2.45, 2.75) is 117 Å². The van der Waals surface area contributed by atoms with Gasteiger partial charge in [-0.15, -0.1) is 0 Å². The van der Waals surface area contributed by atoms with Crippen molar-refractivity contribution in [3.8, 4) is 0 Å². The fourth-order valence-electron chi connectivity index (χ4n) is 5.23. The lowest BCUT2D eigenvalue weighted by Gasteiger charge is -2.50. The summed E-state index contributed by atoms with van der Waals surface area (Å²) in [5.41, 5.74) is 0. The van der Waals surface area contributed by atoms with E-state index in [1.165, 1.54) is 0 Å². The Labute approximate surface area is 243 Å². The molecule has 0 aromatic carbocycles. The van der Waals surface area contributed by atoms with Gasteiger partial charge in [-0.25, -0.2) is 0 Å². The molecule has 4 saturated heterocycles. The zero-order chi connectivity index (χ0) is 31.7. The van der Waals surface area contributed by atoms with Crippen LogP contribution in [0.2, 0.25) is 0 Å². The van der Waals surface area contributed by atoms with Crippen molar-refractivity contribution in [1.29, 1.82) is 0 Å². The first-order chi connectivity index (χ1) is 20.3. The van der Waals surface area contributed by atoms with Crippen LogP contribution in [0.3, 0.4) is 0 Å². The van der Waals surface area contributed by atoms with Crippen LogP contribution in [0, 0.1) is 0 Å². The van der Waals surface area contributed by atoms with Crippen molar-refractivity contribution < 1.29 is 99.5 Å². The maximum Gasteiger partial charge on any atom is 0.187 e. The quantitative estimate of drug-likeness (QED) is 0.112. The molecule has 0 aromatic heterocycles. The zero-order valence-electron chi connectivity index (χ0n) is 22.5. The smallest absolute Gasteiger partial charge is 0.187 e. The summed E-state index contributed by atoms with van der Waals surface area (Å²) in [6.07, 6.45) is -33.8. The molecule has 0 aliphatic carbocycles. The summed E-state index contributed by atoms with van der Waals surface area (Å²) >= 11 is 0. The van der Waals surface area contributed by atoms with Gasteiger partial charge < -0.3 is 99.5 Å². The van der Waals surface area contributed by atoms with Gasteiger partial charge in [0.05, 0.1) is 26.4 Å². The van der Waals surface area contributed by atoms with Crippen LogP contribution in [-0.4, -0.2) is 210 Å². The Morgan fingerprint density at radius 1 is 0.442 bits per heavy atom. The molecule has 4 aliphatic heterocycles. The minimum Gasteiger partial charge on any atom is -0.394 e. The van der Waals surface area contributed by atoms with E-state index in [2.05, 4.69) is 0 Å². The molecule has 252 valence electrons. The third-order valence-corrected chi connectivity index (χ3v) is 7.81. The maximum atomic E-state index is 11.1. The normalized spacial score (nSPS) is 53.1. The highest BCUT2D eigenvalue weighted by atomic mass is 16.8. The molecule has 20 heteroatoms. The summed E-state index contributed by atoms with van der Waals surface area (Å²) in [5, 5.41) is 132. The Hall–Kier alpha value is -0.800. The average Bonchev–Trinajstić information content (AvgIpc) is 2.99. The van der Waals surface area contributed by atoms with Gasteiger partial charge in [-0.3, -0.25) is 0 Å². The molecule has 4 rings (SSSR count). The minimum atomic E-state index is -1.99. The second-order valence-electron chi connectivity index (χ2n) is 10.7. The molecule has 0 aromatic rings. The number of rotatable bonds is 9. The van der Waals surface area contributed by atoms with Gasteiger partial charge in [0.2, 0.25) is 0 Å². The molecule has 19 atom stereocenters. The predicted molar refractivity (Wildman–Crippen MR) is 128 cm³/mol. The molecule has 4 aliphatic rings. The lowest BCUT2D eigenvalue weighted by molar-refractivity contribution is -0.402. The third kappa shape index (κ3) is 7.13. The van der Waals surface area contributed by atoms with Gasteiger partial charge in [0.25, 0.3) is 0 Å². The molecule has 0 bridgehead atoms. The van der Waals surface area contributed by atoms with Gasteiger partial charge in [-0.1, -0.05) is 0 Å². The first-order valence-corrected chi connectivity index (χ1v) is 13.5. The molecular weight excluding hydrogens is 596 g/mol. The molecule has 4 fully saturated rings. The minimum absolute atomic E-state index is 0.520. The van der Waals surface area contributed by atoms with Crippen molar-refractivity contribution in [3.63, 3.8) is 0 Å². The van der Waals surface area contributed by atoms with Crippen LogP contribution in [0.15, 0.2) is 0 Å². The highest BCUT2D eigenvalue weighted by molar-refractivity contribution is 4.97. The molecule has 0 unspecified atom stereocenters. The highest BCUT2D eigenvalue weighted by Gasteiger charge is 2.55. The van der Waals surface area contributed by atoms with Crippen LogP contribution in [0.25, 0.3) is 0 Å². The Morgan fingerprint density at radius 3 is 1.60 bits per heavy atom. The van der Waals surface area contributed by atoms with Gasteiger partial charge in [0, 0.05) is 0 Å². The largest absolute Gasteiger partial charge is 0.394 e. The summed E-state index contributed by atoms with van der Waals surface area (Å²) in [6.45, 7) is -3.11. The Morgan fingerprint density at radius 2 is 0.977 bits per heavy atom. The van der Waals surface area contributed by atoms with E-state index in [9.17, 15) is 66.4 Å². The van der Waals surface area contributed by atoms with Crippen molar-refractivity contribution in [1.82, 2.24) is 0 Å². The van der Waals surface area contributed by atoms with Gasteiger partial charge in [0.15, 0.2) is 25.2 Å². The van der Waals surface area contributed by atoms with Crippen LogP contribution in [0.4, 0.5) is 0 Å². The monoisotopic (exact) mass is 636 g/mol. The third-order valence-electron chi connectivity index (χ3n) is 7.81. The lowest BCUT2D eigenvalue weighted by atomic mass is 9.95. The topological polar surface area (TPSA) is 328 Å². The Balaban J connectivity index is 1.68. The summed E-state index contributed by atoms with van der Waals surface area (Å²) in [6, 6.07) is 0. The van der Waals surface area contributed by atoms with Crippen molar-refractivity contribution in [2.75, 3.05) is 26.4 Å². The molecule has 0 radical (unpaired) electrons. The fourth-order valence-corrected chi connectivity index (χ4v) is 5.23. The molecular formula is C23H40O20. The van der Waals surface area contributed by atoms with Crippen LogP contribution < -0.4 is 0 Å². The molecule has 13 N–H and O–H groups in total. The number of hydrogen-bond donors (Lipinski definition) is 13. The summed E-state index contributed by atoms with van der Waals surface area (Å²) in [7, 11) is 0. The van der Waals surface area contributed by atoms with E-state index in [4.69, 9.17) is 33.2 Å².